The molecule has 1 unspecified atom stereocenters. The summed E-state index contributed by atoms with van der Waals surface area (Å²) in [5.74, 6) is -1.13. The van der Waals surface area contributed by atoms with Crippen molar-refractivity contribution in [2.45, 2.75) is 23.8 Å². The molecule has 2 N–H and O–H groups in total. The number of nitrogens with one attached hydrogen (secondary N) is 1. The van der Waals surface area contributed by atoms with Crippen molar-refractivity contribution in [2.24, 2.45) is 0 Å². The molecule has 0 bridgehead atoms. The van der Waals surface area contributed by atoms with Gasteiger partial charge in [0.05, 0.1) is 0 Å². The second-order valence-corrected chi connectivity index (χ2v) is 10.4. The van der Waals surface area contributed by atoms with E-state index in [1.54, 1.807) is 12.1 Å². The fourth-order valence-corrected chi connectivity index (χ4v) is 4.06. The maximum atomic E-state index is 12.3. The molecule has 0 aliphatic carbocycles. The number of benzene rings is 2. The molecule has 0 heterocycles. The van der Waals surface area contributed by atoms with Gasteiger partial charge in [-0.1, -0.05) is 0 Å². The summed E-state index contributed by atoms with van der Waals surface area (Å²) in [4.78, 5) is 27.6. The van der Waals surface area contributed by atoms with Crippen LogP contribution in [-0.4, -0.2) is 39.6 Å². The number of anilines is 2. The van der Waals surface area contributed by atoms with Gasteiger partial charge < -0.3 is 0 Å². The van der Waals surface area contributed by atoms with Crippen LogP contribution in [0.4, 0.5) is 11.4 Å². The number of carboxylic acid groups (broad SMARTS) is 1. The van der Waals surface area contributed by atoms with Crippen molar-refractivity contribution in [1.82, 2.24) is 5.43 Å². The van der Waals surface area contributed by atoms with Crippen LogP contribution in [0.25, 0.3) is 0 Å². The van der Waals surface area contributed by atoms with Crippen LogP contribution < -0.4 is 36.5 Å². The number of hydrazine groups is 1. The van der Waals surface area contributed by atoms with Crippen LogP contribution in [0.15, 0.2) is 48.5 Å². The number of rotatable bonds is 8. The van der Waals surface area contributed by atoms with E-state index < -0.39 is 5.97 Å². The van der Waals surface area contributed by atoms with Crippen LogP contribution in [0.3, 0.4) is 0 Å². The van der Waals surface area contributed by atoms with Crippen LogP contribution in [0.1, 0.15) is 29.8 Å². The first-order valence-electron chi connectivity index (χ1n) is 8.84. The van der Waals surface area contributed by atoms with Gasteiger partial charge in [-0.3, -0.25) is 0 Å². The molecule has 28 heavy (non-hydrogen) atoms. The number of halogens is 1. The Kier molecular flexibility index (Phi) is 7.42. The van der Waals surface area contributed by atoms with Crippen molar-refractivity contribution in [3.05, 3.63) is 59.7 Å². The van der Waals surface area contributed by atoms with Gasteiger partial charge in [0.2, 0.25) is 0 Å². The van der Waals surface area contributed by atoms with Crippen LogP contribution >= 0.6 is 0 Å². The summed E-state index contributed by atoms with van der Waals surface area (Å²) in [6.45, 7) is 3.63. The van der Waals surface area contributed by atoms with E-state index in [0.717, 1.165) is 12.1 Å². The first-order chi connectivity index (χ1) is 13.1. The fraction of sp³-hybridized carbons (Fsp3) is 0.333. The molecule has 0 fully saturated rings. The van der Waals surface area contributed by atoms with Gasteiger partial charge in [0.25, 0.3) is 0 Å². The van der Waals surface area contributed by atoms with Crippen molar-refractivity contribution < 1.29 is 35.9 Å². The molecule has 0 aliphatic rings. The molecule has 2 aromatic rings. The van der Waals surface area contributed by atoms with Crippen molar-refractivity contribution in [3.8, 4) is 0 Å². The number of alkyl halides is 2. The summed E-state index contributed by atoms with van der Waals surface area (Å²) in [6.07, 6.45) is 0.793. The van der Waals surface area contributed by atoms with Gasteiger partial charge in [-0.15, -0.1) is 0 Å². The topological polar surface area (TPSA) is 72.9 Å². The normalized spacial score (nSPS) is 13.0. The van der Waals surface area contributed by atoms with E-state index in [4.69, 9.17) is 5.11 Å². The predicted octanol–water partition coefficient (Wildman–Crippen LogP) is -0.0140. The average molecular weight is 496 g/mol. The summed E-state index contributed by atoms with van der Waals surface area (Å²) in [5.41, 5.74) is 6.58. The van der Waals surface area contributed by atoms with E-state index in [9.17, 15) is 9.59 Å². The van der Waals surface area contributed by atoms with Crippen molar-refractivity contribution in [3.63, 3.8) is 0 Å². The molecule has 6 nitrogen and oxygen atoms in total. The van der Waals surface area contributed by atoms with Gasteiger partial charge >= 0.3 is 177 Å². The van der Waals surface area contributed by atoms with E-state index in [1.807, 2.05) is 14.1 Å². The number of carboxylic acids is 1. The Morgan fingerprint density at radius 1 is 1.04 bits per heavy atom. The minimum absolute atomic E-state index is 0.144. The molecular formula is C21H27IN3O3-. The third-order valence-electron chi connectivity index (χ3n) is 4.44. The van der Waals surface area contributed by atoms with Gasteiger partial charge in [0.15, 0.2) is 0 Å². The third-order valence-corrected chi connectivity index (χ3v) is 7.44. The monoisotopic (exact) mass is 496 g/mol. The number of carbonyl (C=O) groups excluding carboxylic acids is 1. The second kappa shape index (κ2) is 9.38. The average Bonchev–Trinajstić information content (AvgIpc) is 2.66. The molecule has 2 aromatic carbocycles. The number of carbonyl (C=O) groups is 2. The Morgan fingerprint density at radius 2 is 1.57 bits per heavy atom. The molecular weight excluding hydrogens is 469 g/mol. The zero-order chi connectivity index (χ0) is 20.9. The van der Waals surface area contributed by atoms with Crippen LogP contribution in [0.5, 0.6) is 0 Å². The van der Waals surface area contributed by atoms with Crippen molar-refractivity contribution in [1.29, 1.82) is 0 Å². The maximum absolute atomic E-state index is 12.3. The zero-order valence-corrected chi connectivity index (χ0v) is 19.0. The van der Waals surface area contributed by atoms with Gasteiger partial charge in [-0.25, -0.2) is 0 Å². The molecule has 0 saturated carbocycles. The molecule has 0 saturated heterocycles. The standard InChI is InChI=1S/C21H27IN3O3/c1-15(26)25(19-12-8-17(9-13-19)20(27)28)23-21(2,22-3)14-16-6-10-18(11-7-16)24(4)5/h6-13,23H,14H2,1-5H3,(H,27,28)/q-1. The molecule has 0 radical (unpaired) electrons. The molecule has 0 aromatic heterocycles. The van der Waals surface area contributed by atoms with E-state index in [2.05, 4.69) is 46.4 Å². The Bertz CT molecular complexity index is 822. The zero-order valence-electron chi connectivity index (χ0n) is 16.9. The van der Waals surface area contributed by atoms with E-state index in [1.165, 1.54) is 29.6 Å². The fourth-order valence-electron chi connectivity index (χ4n) is 2.76. The molecule has 0 spiro atoms. The molecule has 7 heteroatoms. The SMILES string of the molecule is C[I-]C(C)(Cc1ccc(N(C)C)cc1)NN(C(C)=O)c1ccc(C(=O)O)cc1. The van der Waals surface area contributed by atoms with Gasteiger partial charge in [-0.05, 0) is 0 Å². The summed E-state index contributed by atoms with van der Waals surface area (Å²) in [7, 11) is 4.02. The Morgan fingerprint density at radius 3 is 2.00 bits per heavy atom. The summed E-state index contributed by atoms with van der Waals surface area (Å²) in [5, 5.41) is 10.6. The van der Waals surface area contributed by atoms with Gasteiger partial charge in [-0.2, -0.15) is 0 Å². The predicted molar refractivity (Wildman–Crippen MR) is 108 cm³/mol. The van der Waals surface area contributed by atoms with Crippen molar-refractivity contribution in [2.75, 3.05) is 28.9 Å². The molecule has 1 amide bonds. The molecule has 0 aliphatic heterocycles. The number of nitrogens with zero attached hydrogens (tertiary/aromatic N) is 2. The second-order valence-electron chi connectivity index (χ2n) is 6.94. The number of amides is 1. The first-order valence-corrected chi connectivity index (χ1v) is 12.1. The molecule has 1 atom stereocenters. The first kappa shape index (κ1) is 22.2. The summed E-state index contributed by atoms with van der Waals surface area (Å²) < 4.78 is -0.240. The van der Waals surface area contributed by atoms with Gasteiger partial charge in [0, 0.05) is 0 Å². The number of hydrogen-bond donors (Lipinski definition) is 2. The van der Waals surface area contributed by atoms with E-state index in [0.29, 0.717) is 5.69 Å². The van der Waals surface area contributed by atoms with Crippen LogP contribution in [0, 0.1) is 0 Å². The quantitative estimate of drug-likeness (QED) is 0.233. The third kappa shape index (κ3) is 5.68. The number of hydrogen-bond acceptors (Lipinski definition) is 4. The van der Waals surface area contributed by atoms with E-state index >= 15 is 0 Å². The van der Waals surface area contributed by atoms with Crippen LogP contribution in [0.2, 0.25) is 0 Å². The summed E-state index contributed by atoms with van der Waals surface area (Å²) in [6, 6.07) is 14.7. The minimum atomic E-state index is -0.987. The summed E-state index contributed by atoms with van der Waals surface area (Å²) >= 11 is -0.266. The Hall–Kier alpha value is -2.13. The molecule has 152 valence electrons. The van der Waals surface area contributed by atoms with Crippen LogP contribution in [-0.2, 0) is 11.2 Å². The van der Waals surface area contributed by atoms with Crippen molar-refractivity contribution >= 4 is 23.3 Å². The molecule has 2 rings (SSSR count). The Labute approximate surface area is 176 Å². The Balaban J connectivity index is 2.22. The number of aromatic carboxylic acids is 1. The van der Waals surface area contributed by atoms with Gasteiger partial charge in [0.1, 0.15) is 0 Å². The van der Waals surface area contributed by atoms with E-state index in [-0.39, 0.29) is 36.2 Å².